The van der Waals surface area contributed by atoms with Crippen LogP contribution in [0.5, 0.6) is 0 Å². The number of likely N-dealkylation sites (tertiary alicyclic amines) is 1. The lowest BCUT2D eigenvalue weighted by atomic mass is 9.97. The summed E-state index contributed by atoms with van der Waals surface area (Å²) in [6.45, 7) is 0.846. The third kappa shape index (κ3) is 2.09. The molecule has 15 heavy (non-hydrogen) atoms. The van der Waals surface area contributed by atoms with Gasteiger partial charge in [0.15, 0.2) is 0 Å². The van der Waals surface area contributed by atoms with Crippen LogP contribution in [0.4, 0.5) is 5.82 Å². The maximum atomic E-state index is 10.9. The van der Waals surface area contributed by atoms with Crippen LogP contribution >= 0.6 is 0 Å². The number of rotatable bonds is 2. The first-order valence-electron chi connectivity index (χ1n) is 5.24. The summed E-state index contributed by atoms with van der Waals surface area (Å²) in [5.41, 5.74) is 6.61. The Morgan fingerprint density at radius 2 is 2.33 bits per heavy atom. The molecule has 0 aromatic carbocycles. The van der Waals surface area contributed by atoms with Crippen LogP contribution in [0.3, 0.4) is 0 Å². The van der Waals surface area contributed by atoms with Crippen LogP contribution in [-0.4, -0.2) is 22.8 Å². The normalized spacial score (nSPS) is 21.3. The summed E-state index contributed by atoms with van der Waals surface area (Å²) in [5, 5.41) is 0. The van der Waals surface area contributed by atoms with Crippen LogP contribution in [0.1, 0.15) is 30.9 Å². The molecule has 1 aliphatic rings. The number of aromatic nitrogens is 1. The lowest BCUT2D eigenvalue weighted by molar-refractivity contribution is -0.121. The Balaban J connectivity index is 2.20. The molecule has 2 N–H and O–H groups in total. The van der Waals surface area contributed by atoms with Crippen molar-refractivity contribution in [2.75, 3.05) is 12.3 Å². The summed E-state index contributed by atoms with van der Waals surface area (Å²) in [4.78, 5) is 16.8. The summed E-state index contributed by atoms with van der Waals surface area (Å²) < 4.78 is 0. The first kappa shape index (κ1) is 9.96. The second-order valence-electron chi connectivity index (χ2n) is 3.87. The minimum atomic E-state index is 0.185. The third-order valence-corrected chi connectivity index (χ3v) is 2.87. The minimum absolute atomic E-state index is 0.185. The van der Waals surface area contributed by atoms with E-state index in [1.807, 2.05) is 11.0 Å². The van der Waals surface area contributed by atoms with Crippen molar-refractivity contribution in [3.63, 3.8) is 0 Å². The average Bonchev–Trinajstić information content (AvgIpc) is 2.30. The van der Waals surface area contributed by atoms with Gasteiger partial charge in [0.25, 0.3) is 0 Å². The van der Waals surface area contributed by atoms with Crippen molar-refractivity contribution in [1.29, 1.82) is 0 Å². The summed E-state index contributed by atoms with van der Waals surface area (Å²) in [6.07, 6.45) is 5.98. The fraction of sp³-hybridized carbons (Fsp3) is 0.455. The van der Waals surface area contributed by atoms with Gasteiger partial charge in [0.05, 0.1) is 6.04 Å². The Labute approximate surface area is 89.1 Å². The van der Waals surface area contributed by atoms with E-state index in [-0.39, 0.29) is 6.04 Å². The number of hydrogen-bond acceptors (Lipinski definition) is 3. The molecule has 80 valence electrons. The minimum Gasteiger partial charge on any atom is -0.384 e. The van der Waals surface area contributed by atoms with Gasteiger partial charge < -0.3 is 10.6 Å². The Morgan fingerprint density at radius 1 is 1.47 bits per heavy atom. The molecule has 0 bridgehead atoms. The number of carbonyl (C=O) groups excluding carboxylic acids is 1. The standard InChI is InChI=1S/C11H15N3O/c12-11-5-4-9(7-13-11)10-3-1-2-6-14(10)8-15/h4-5,7-8,10H,1-3,6H2,(H2,12,13)/t10-/m1/s1. The number of hydrogen-bond donors (Lipinski definition) is 1. The van der Waals surface area contributed by atoms with Gasteiger partial charge in [0, 0.05) is 12.7 Å². The smallest absolute Gasteiger partial charge is 0.210 e. The van der Waals surface area contributed by atoms with Crippen LogP contribution in [-0.2, 0) is 4.79 Å². The number of nitrogens with two attached hydrogens (primary N) is 1. The lowest BCUT2D eigenvalue weighted by Crippen LogP contribution is -2.32. The third-order valence-electron chi connectivity index (χ3n) is 2.87. The molecule has 1 atom stereocenters. The number of carbonyl (C=O) groups is 1. The predicted molar refractivity (Wildman–Crippen MR) is 58.0 cm³/mol. The summed E-state index contributed by atoms with van der Waals surface area (Å²) in [7, 11) is 0. The first-order valence-corrected chi connectivity index (χ1v) is 5.24. The molecular weight excluding hydrogens is 190 g/mol. The predicted octanol–water partition coefficient (Wildman–Crippen LogP) is 1.35. The van der Waals surface area contributed by atoms with E-state index in [0.717, 1.165) is 31.4 Å². The highest BCUT2D eigenvalue weighted by Crippen LogP contribution is 2.29. The van der Waals surface area contributed by atoms with E-state index in [2.05, 4.69) is 4.98 Å². The van der Waals surface area contributed by atoms with E-state index in [1.54, 1.807) is 12.3 Å². The Hall–Kier alpha value is -1.58. The molecule has 0 saturated carbocycles. The van der Waals surface area contributed by atoms with E-state index in [1.165, 1.54) is 6.42 Å². The lowest BCUT2D eigenvalue weighted by Gasteiger charge is -2.32. The van der Waals surface area contributed by atoms with Gasteiger partial charge in [-0.25, -0.2) is 4.98 Å². The van der Waals surface area contributed by atoms with Crippen LogP contribution in [0.25, 0.3) is 0 Å². The van der Waals surface area contributed by atoms with Crippen molar-refractivity contribution in [1.82, 2.24) is 9.88 Å². The molecule has 1 fully saturated rings. The van der Waals surface area contributed by atoms with E-state index in [4.69, 9.17) is 5.73 Å². The van der Waals surface area contributed by atoms with Crippen molar-refractivity contribution in [2.24, 2.45) is 0 Å². The highest BCUT2D eigenvalue weighted by molar-refractivity contribution is 5.49. The second-order valence-corrected chi connectivity index (χ2v) is 3.87. The summed E-state index contributed by atoms with van der Waals surface area (Å²) >= 11 is 0. The SMILES string of the molecule is Nc1ccc([C@H]2CCCCN2C=O)cn1. The zero-order valence-corrected chi connectivity index (χ0v) is 8.60. The quantitative estimate of drug-likeness (QED) is 0.741. The van der Waals surface area contributed by atoms with Gasteiger partial charge in [-0.15, -0.1) is 0 Å². The monoisotopic (exact) mass is 205 g/mol. The van der Waals surface area contributed by atoms with Gasteiger partial charge in [-0.3, -0.25) is 4.79 Å². The zero-order valence-electron chi connectivity index (χ0n) is 8.60. The van der Waals surface area contributed by atoms with Gasteiger partial charge >= 0.3 is 0 Å². The van der Waals surface area contributed by atoms with Crippen molar-refractivity contribution in [3.05, 3.63) is 23.9 Å². The number of pyridine rings is 1. The average molecular weight is 205 g/mol. The molecule has 1 aliphatic heterocycles. The van der Waals surface area contributed by atoms with Crippen LogP contribution in [0.15, 0.2) is 18.3 Å². The topological polar surface area (TPSA) is 59.2 Å². The molecule has 2 heterocycles. The molecule has 4 heteroatoms. The number of anilines is 1. The van der Waals surface area contributed by atoms with Crippen molar-refractivity contribution >= 4 is 12.2 Å². The van der Waals surface area contributed by atoms with Gasteiger partial charge in [0.1, 0.15) is 5.82 Å². The Bertz CT molecular complexity index is 336. The van der Waals surface area contributed by atoms with Crippen molar-refractivity contribution < 1.29 is 4.79 Å². The number of piperidine rings is 1. The molecule has 0 spiro atoms. The molecule has 1 amide bonds. The molecule has 1 aromatic rings. The van der Waals surface area contributed by atoms with Gasteiger partial charge in [-0.2, -0.15) is 0 Å². The fourth-order valence-electron chi connectivity index (χ4n) is 2.05. The maximum Gasteiger partial charge on any atom is 0.210 e. The molecule has 1 saturated heterocycles. The first-order chi connectivity index (χ1) is 7.31. The largest absolute Gasteiger partial charge is 0.384 e. The molecule has 0 unspecified atom stereocenters. The van der Waals surface area contributed by atoms with E-state index in [0.29, 0.717) is 5.82 Å². The van der Waals surface area contributed by atoms with Crippen LogP contribution in [0, 0.1) is 0 Å². The number of amides is 1. The zero-order chi connectivity index (χ0) is 10.7. The molecule has 0 radical (unpaired) electrons. The molecule has 0 aliphatic carbocycles. The van der Waals surface area contributed by atoms with E-state index in [9.17, 15) is 4.79 Å². The van der Waals surface area contributed by atoms with Crippen LogP contribution < -0.4 is 5.73 Å². The number of nitrogen functional groups attached to an aromatic ring is 1. The molecule has 2 rings (SSSR count). The van der Waals surface area contributed by atoms with E-state index >= 15 is 0 Å². The highest BCUT2D eigenvalue weighted by Gasteiger charge is 2.22. The van der Waals surface area contributed by atoms with Crippen molar-refractivity contribution in [3.8, 4) is 0 Å². The second kappa shape index (κ2) is 4.29. The van der Waals surface area contributed by atoms with Gasteiger partial charge in [-0.05, 0) is 30.9 Å². The Morgan fingerprint density at radius 3 is 3.00 bits per heavy atom. The number of nitrogens with zero attached hydrogens (tertiary/aromatic N) is 2. The summed E-state index contributed by atoms with van der Waals surface area (Å²) in [5.74, 6) is 0.521. The molecule has 4 nitrogen and oxygen atoms in total. The highest BCUT2D eigenvalue weighted by atomic mass is 16.1. The Kier molecular flexibility index (Phi) is 2.85. The van der Waals surface area contributed by atoms with Gasteiger partial charge in [-0.1, -0.05) is 6.07 Å². The molecule has 1 aromatic heterocycles. The van der Waals surface area contributed by atoms with Gasteiger partial charge in [0.2, 0.25) is 6.41 Å². The fourth-order valence-corrected chi connectivity index (χ4v) is 2.05. The summed E-state index contributed by atoms with van der Waals surface area (Å²) in [6, 6.07) is 3.92. The molecular formula is C11H15N3O. The van der Waals surface area contributed by atoms with E-state index < -0.39 is 0 Å². The van der Waals surface area contributed by atoms with Crippen molar-refractivity contribution in [2.45, 2.75) is 25.3 Å². The maximum absolute atomic E-state index is 10.9. The van der Waals surface area contributed by atoms with Crippen LogP contribution in [0.2, 0.25) is 0 Å².